The summed E-state index contributed by atoms with van der Waals surface area (Å²) in [6.07, 6.45) is 9.14. The number of carbonyl (C=O) groups is 1. The molecule has 7 nitrogen and oxygen atoms in total. The molecule has 8 heteroatoms. The SMILES string of the molecule is CCCCc1nnc(OCC2(F)CCN(C(=O)OC(C)(C)C)CC2)cc1-c1ccc(OC2CCCCC2)cc1. The first-order valence-corrected chi connectivity index (χ1v) is 14.6. The highest BCUT2D eigenvalue weighted by Crippen LogP contribution is 2.32. The zero-order valence-corrected chi connectivity index (χ0v) is 24.0. The molecule has 1 amide bonds. The van der Waals surface area contributed by atoms with Crippen LogP contribution in [0.15, 0.2) is 30.3 Å². The molecule has 2 aromatic rings. The number of halogens is 1. The van der Waals surface area contributed by atoms with Crippen molar-refractivity contribution in [1.82, 2.24) is 15.1 Å². The first-order valence-electron chi connectivity index (χ1n) is 14.6. The van der Waals surface area contributed by atoms with E-state index in [4.69, 9.17) is 14.2 Å². The average Bonchev–Trinajstić information content (AvgIpc) is 2.91. The van der Waals surface area contributed by atoms with Gasteiger partial charge in [-0.15, -0.1) is 5.10 Å². The van der Waals surface area contributed by atoms with Crippen LogP contribution in [0.25, 0.3) is 11.1 Å². The molecule has 1 saturated carbocycles. The largest absolute Gasteiger partial charge is 0.490 e. The highest BCUT2D eigenvalue weighted by molar-refractivity contribution is 5.68. The third-order valence-electron chi connectivity index (χ3n) is 7.43. The minimum atomic E-state index is -1.54. The van der Waals surface area contributed by atoms with E-state index in [1.165, 1.54) is 19.3 Å². The van der Waals surface area contributed by atoms with Gasteiger partial charge >= 0.3 is 6.09 Å². The summed E-state index contributed by atoms with van der Waals surface area (Å²) in [4.78, 5) is 13.9. The van der Waals surface area contributed by atoms with Gasteiger partial charge < -0.3 is 19.1 Å². The molecule has 1 aromatic carbocycles. The molecule has 0 spiro atoms. The lowest BCUT2D eigenvalue weighted by molar-refractivity contribution is -0.00980. The minimum absolute atomic E-state index is 0.133. The number of nitrogens with zero attached hydrogens (tertiary/aromatic N) is 3. The monoisotopic (exact) mass is 541 g/mol. The highest BCUT2D eigenvalue weighted by Gasteiger charge is 2.38. The first kappa shape index (κ1) is 29.1. The molecule has 1 aliphatic heterocycles. The van der Waals surface area contributed by atoms with Gasteiger partial charge in [0.1, 0.15) is 23.6 Å². The van der Waals surface area contributed by atoms with E-state index in [0.717, 1.165) is 54.7 Å². The van der Waals surface area contributed by atoms with Gasteiger partial charge in [0.25, 0.3) is 0 Å². The van der Waals surface area contributed by atoms with Gasteiger partial charge in [0.15, 0.2) is 0 Å². The quantitative estimate of drug-likeness (QED) is 0.331. The Morgan fingerprint density at radius 1 is 1.08 bits per heavy atom. The Kier molecular flexibility index (Phi) is 9.67. The van der Waals surface area contributed by atoms with Gasteiger partial charge in [-0.2, -0.15) is 5.10 Å². The molecule has 0 atom stereocenters. The van der Waals surface area contributed by atoms with Gasteiger partial charge in [0, 0.05) is 37.6 Å². The Bertz CT molecular complexity index is 1070. The maximum absolute atomic E-state index is 15.6. The van der Waals surface area contributed by atoms with Crippen LogP contribution in [0.3, 0.4) is 0 Å². The summed E-state index contributed by atoms with van der Waals surface area (Å²) < 4.78 is 33.1. The Balaban J connectivity index is 1.40. The standard InChI is InChI=1S/C31H44FN3O4/c1-5-6-12-27-26(23-13-15-25(16-14-23)38-24-10-8-7-9-11-24)21-28(34-33-27)37-22-31(32)17-19-35(20-18-31)29(36)39-30(2,3)4/h13-16,21,24H,5-12,17-20,22H2,1-4H3. The highest BCUT2D eigenvalue weighted by atomic mass is 19.1. The molecular formula is C31H44FN3O4. The Morgan fingerprint density at radius 2 is 1.77 bits per heavy atom. The Labute approximate surface area is 232 Å². The molecule has 0 bridgehead atoms. The number of benzene rings is 1. The van der Waals surface area contributed by atoms with Crippen LogP contribution in [-0.4, -0.2) is 58.3 Å². The number of hydrogen-bond acceptors (Lipinski definition) is 6. The normalized spacial score (nSPS) is 18.0. The molecule has 2 aliphatic rings. The third-order valence-corrected chi connectivity index (χ3v) is 7.43. The lowest BCUT2D eigenvalue weighted by Gasteiger charge is -2.36. The molecule has 0 unspecified atom stereocenters. The van der Waals surface area contributed by atoms with Crippen molar-refractivity contribution in [2.75, 3.05) is 19.7 Å². The van der Waals surface area contributed by atoms with E-state index in [0.29, 0.717) is 12.0 Å². The maximum Gasteiger partial charge on any atom is 0.410 e. The molecule has 39 heavy (non-hydrogen) atoms. The number of carbonyl (C=O) groups excluding carboxylic acids is 1. The van der Waals surface area contributed by atoms with Crippen molar-refractivity contribution in [2.45, 2.75) is 109 Å². The van der Waals surface area contributed by atoms with Gasteiger partial charge in [-0.25, -0.2) is 9.18 Å². The summed E-state index contributed by atoms with van der Waals surface area (Å²) >= 11 is 0. The second kappa shape index (κ2) is 13.0. The first-order chi connectivity index (χ1) is 18.6. The lowest BCUT2D eigenvalue weighted by atomic mass is 9.94. The number of alkyl halides is 1. The smallest absolute Gasteiger partial charge is 0.410 e. The van der Waals surface area contributed by atoms with Crippen LogP contribution in [0.5, 0.6) is 11.6 Å². The summed E-state index contributed by atoms with van der Waals surface area (Å²) in [6.45, 7) is 8.07. The molecule has 214 valence electrons. The van der Waals surface area contributed by atoms with E-state index in [-0.39, 0.29) is 32.5 Å². The number of unbranched alkanes of at least 4 members (excludes halogenated alkanes) is 1. The average molecular weight is 542 g/mol. The molecule has 2 heterocycles. The van der Waals surface area contributed by atoms with Crippen molar-refractivity contribution >= 4 is 6.09 Å². The number of aromatic nitrogens is 2. The summed E-state index contributed by atoms with van der Waals surface area (Å²) in [5.41, 5.74) is 0.750. The fourth-order valence-electron chi connectivity index (χ4n) is 5.10. The van der Waals surface area contributed by atoms with E-state index in [9.17, 15) is 4.79 Å². The Hall–Kier alpha value is -2.90. The predicted octanol–water partition coefficient (Wildman–Crippen LogP) is 7.32. The van der Waals surface area contributed by atoms with Crippen LogP contribution in [0.1, 0.15) is 91.2 Å². The molecule has 0 radical (unpaired) electrons. The van der Waals surface area contributed by atoms with Crippen LogP contribution < -0.4 is 9.47 Å². The van der Waals surface area contributed by atoms with Gasteiger partial charge in [0.2, 0.25) is 5.88 Å². The van der Waals surface area contributed by atoms with Crippen molar-refractivity contribution < 1.29 is 23.4 Å². The van der Waals surface area contributed by atoms with Crippen LogP contribution in [0.2, 0.25) is 0 Å². The van der Waals surface area contributed by atoms with E-state index < -0.39 is 17.4 Å². The zero-order valence-electron chi connectivity index (χ0n) is 24.0. The van der Waals surface area contributed by atoms with E-state index in [1.54, 1.807) is 4.90 Å². The molecular weight excluding hydrogens is 497 g/mol. The van der Waals surface area contributed by atoms with Crippen molar-refractivity contribution in [3.63, 3.8) is 0 Å². The summed E-state index contributed by atoms with van der Waals surface area (Å²) in [6, 6.07) is 10.0. The van der Waals surface area contributed by atoms with Crippen LogP contribution >= 0.6 is 0 Å². The number of piperidine rings is 1. The van der Waals surface area contributed by atoms with Crippen LogP contribution in [0.4, 0.5) is 9.18 Å². The summed E-state index contributed by atoms with van der Waals surface area (Å²) in [5.74, 6) is 1.19. The maximum atomic E-state index is 15.6. The number of likely N-dealkylation sites (tertiary alicyclic amines) is 1. The second-order valence-electron chi connectivity index (χ2n) is 12.0. The number of aryl methyl sites for hydroxylation is 1. The molecule has 1 aliphatic carbocycles. The summed E-state index contributed by atoms with van der Waals surface area (Å²) in [5, 5.41) is 8.73. The molecule has 4 rings (SSSR count). The zero-order chi connectivity index (χ0) is 27.9. The number of hydrogen-bond donors (Lipinski definition) is 0. The van der Waals surface area contributed by atoms with E-state index in [2.05, 4.69) is 29.3 Å². The van der Waals surface area contributed by atoms with E-state index >= 15 is 4.39 Å². The van der Waals surface area contributed by atoms with E-state index in [1.807, 2.05) is 39.0 Å². The van der Waals surface area contributed by atoms with Crippen molar-refractivity contribution in [1.29, 1.82) is 0 Å². The topological polar surface area (TPSA) is 73.8 Å². The summed E-state index contributed by atoms with van der Waals surface area (Å²) in [7, 11) is 0. The Morgan fingerprint density at radius 3 is 2.41 bits per heavy atom. The fraction of sp³-hybridized carbons (Fsp3) is 0.645. The van der Waals surface area contributed by atoms with Gasteiger partial charge in [0.05, 0.1) is 11.8 Å². The van der Waals surface area contributed by atoms with Crippen LogP contribution in [-0.2, 0) is 11.2 Å². The second-order valence-corrected chi connectivity index (χ2v) is 12.0. The molecule has 0 N–H and O–H groups in total. The lowest BCUT2D eigenvalue weighted by Crippen LogP contribution is -2.48. The predicted molar refractivity (Wildman–Crippen MR) is 150 cm³/mol. The number of ether oxygens (including phenoxy) is 3. The number of amides is 1. The fourth-order valence-corrected chi connectivity index (χ4v) is 5.10. The van der Waals surface area contributed by atoms with Gasteiger partial charge in [-0.3, -0.25) is 0 Å². The van der Waals surface area contributed by atoms with Gasteiger partial charge in [-0.05, 0) is 77.0 Å². The van der Waals surface area contributed by atoms with Crippen molar-refractivity contribution in [3.05, 3.63) is 36.0 Å². The minimum Gasteiger partial charge on any atom is -0.490 e. The van der Waals surface area contributed by atoms with Crippen molar-refractivity contribution in [2.24, 2.45) is 0 Å². The third kappa shape index (κ3) is 8.54. The van der Waals surface area contributed by atoms with Crippen molar-refractivity contribution in [3.8, 4) is 22.8 Å². The number of rotatable bonds is 9. The molecule has 1 aromatic heterocycles. The van der Waals surface area contributed by atoms with Gasteiger partial charge in [-0.1, -0.05) is 31.9 Å². The molecule has 1 saturated heterocycles. The van der Waals surface area contributed by atoms with Crippen LogP contribution in [0, 0.1) is 0 Å². The molecule has 2 fully saturated rings.